The molecule has 5 heteroatoms. The second-order valence-electron chi connectivity index (χ2n) is 4.58. The summed E-state index contributed by atoms with van der Waals surface area (Å²) in [4.78, 5) is 25.1. The molecule has 1 aliphatic heterocycles. The van der Waals surface area contributed by atoms with Gasteiger partial charge in [0.1, 0.15) is 6.54 Å². The highest BCUT2D eigenvalue weighted by Gasteiger charge is 2.28. The Morgan fingerprint density at radius 2 is 2.11 bits per heavy atom. The van der Waals surface area contributed by atoms with Crippen LogP contribution in [0.1, 0.15) is 18.1 Å². The van der Waals surface area contributed by atoms with Gasteiger partial charge in [-0.05, 0) is 24.5 Å². The number of amides is 1. The van der Waals surface area contributed by atoms with Gasteiger partial charge in [-0.25, -0.2) is 0 Å². The fraction of sp³-hybridized carbons (Fsp3) is 0.429. The Bertz CT molecular complexity index is 487. The highest BCUT2D eigenvalue weighted by molar-refractivity contribution is 5.86. The van der Waals surface area contributed by atoms with E-state index >= 15 is 0 Å². The van der Waals surface area contributed by atoms with E-state index in [4.69, 9.17) is 10.5 Å². The molecule has 0 saturated heterocycles. The number of benzene rings is 1. The first-order valence-corrected chi connectivity index (χ1v) is 6.38. The first kappa shape index (κ1) is 13.5. The minimum Gasteiger partial charge on any atom is -0.465 e. The topological polar surface area (TPSA) is 72.6 Å². The molecule has 102 valence electrons. The van der Waals surface area contributed by atoms with E-state index in [-0.39, 0.29) is 12.5 Å². The van der Waals surface area contributed by atoms with Crippen molar-refractivity contribution < 1.29 is 14.3 Å². The first-order chi connectivity index (χ1) is 9.11. The van der Waals surface area contributed by atoms with Crippen LogP contribution < -0.4 is 5.73 Å². The molecular formula is C14H18N2O3. The zero-order valence-electron chi connectivity index (χ0n) is 11.0. The van der Waals surface area contributed by atoms with Crippen LogP contribution in [0.5, 0.6) is 0 Å². The highest BCUT2D eigenvalue weighted by Crippen LogP contribution is 2.18. The van der Waals surface area contributed by atoms with Crippen LogP contribution >= 0.6 is 0 Å². The van der Waals surface area contributed by atoms with Crippen LogP contribution in [-0.2, 0) is 27.3 Å². The third-order valence-corrected chi connectivity index (χ3v) is 3.17. The number of hydrogen-bond donors (Lipinski definition) is 1. The molecule has 1 heterocycles. The normalized spacial score (nSPS) is 18.7. The molecule has 0 unspecified atom stereocenters. The molecule has 0 fully saturated rings. The highest BCUT2D eigenvalue weighted by atomic mass is 16.5. The van der Waals surface area contributed by atoms with Crippen LogP contribution in [0.3, 0.4) is 0 Å². The molecule has 0 bridgehead atoms. The number of carbonyl (C=O) groups is 2. The lowest BCUT2D eigenvalue weighted by molar-refractivity contribution is -0.149. The second-order valence-corrected chi connectivity index (χ2v) is 4.58. The number of ether oxygens (including phenoxy) is 1. The molecule has 0 radical (unpaired) electrons. The van der Waals surface area contributed by atoms with Crippen molar-refractivity contribution in [1.82, 2.24) is 4.90 Å². The van der Waals surface area contributed by atoms with E-state index in [1.807, 2.05) is 24.3 Å². The molecule has 5 nitrogen and oxygen atoms in total. The van der Waals surface area contributed by atoms with Gasteiger partial charge in [-0.3, -0.25) is 9.59 Å². The zero-order chi connectivity index (χ0) is 13.8. The lowest BCUT2D eigenvalue weighted by Gasteiger charge is -2.21. The average Bonchev–Trinajstić information content (AvgIpc) is 2.49. The quantitative estimate of drug-likeness (QED) is 0.803. The van der Waals surface area contributed by atoms with Gasteiger partial charge in [0, 0.05) is 6.54 Å². The maximum absolute atomic E-state index is 12.1. The Kier molecular flexibility index (Phi) is 4.16. The van der Waals surface area contributed by atoms with Gasteiger partial charge in [-0.15, -0.1) is 0 Å². The van der Waals surface area contributed by atoms with Gasteiger partial charge in [0.25, 0.3) is 0 Å². The van der Waals surface area contributed by atoms with E-state index in [1.165, 1.54) is 4.90 Å². The van der Waals surface area contributed by atoms with Crippen molar-refractivity contribution in [3.05, 3.63) is 35.4 Å². The second kappa shape index (κ2) is 5.84. The Labute approximate surface area is 112 Å². The summed E-state index contributed by atoms with van der Waals surface area (Å²) in [6.07, 6.45) is 0.508. The summed E-state index contributed by atoms with van der Waals surface area (Å²) in [7, 11) is 0. The van der Waals surface area contributed by atoms with Crippen LogP contribution in [0.2, 0.25) is 0 Å². The zero-order valence-corrected chi connectivity index (χ0v) is 11.0. The lowest BCUT2D eigenvalue weighted by atomic mass is 10.0. The van der Waals surface area contributed by atoms with Gasteiger partial charge in [0.15, 0.2) is 0 Å². The molecule has 0 aliphatic carbocycles. The number of fused-ring (bicyclic) bond motifs is 1. The summed E-state index contributed by atoms with van der Waals surface area (Å²) in [5.41, 5.74) is 7.99. The number of nitrogens with two attached hydrogens (primary N) is 1. The minimum absolute atomic E-state index is 0.0469. The van der Waals surface area contributed by atoms with Gasteiger partial charge in [-0.1, -0.05) is 24.3 Å². The molecule has 2 N–H and O–H groups in total. The van der Waals surface area contributed by atoms with E-state index < -0.39 is 12.0 Å². The van der Waals surface area contributed by atoms with Crippen molar-refractivity contribution in [2.45, 2.75) is 25.9 Å². The largest absolute Gasteiger partial charge is 0.465 e. The fourth-order valence-corrected chi connectivity index (χ4v) is 2.25. The number of nitrogens with zero attached hydrogens (tertiary/aromatic N) is 1. The lowest BCUT2D eigenvalue weighted by Crippen LogP contribution is -2.45. The van der Waals surface area contributed by atoms with E-state index in [0.717, 1.165) is 11.1 Å². The summed E-state index contributed by atoms with van der Waals surface area (Å²) in [5.74, 6) is -0.605. The molecule has 1 aromatic rings. The van der Waals surface area contributed by atoms with E-state index in [9.17, 15) is 9.59 Å². The maximum Gasteiger partial charge on any atom is 0.325 e. The summed E-state index contributed by atoms with van der Waals surface area (Å²) >= 11 is 0. The Morgan fingerprint density at radius 1 is 1.42 bits per heavy atom. The molecule has 1 aromatic carbocycles. The molecule has 19 heavy (non-hydrogen) atoms. The fourth-order valence-electron chi connectivity index (χ4n) is 2.25. The van der Waals surface area contributed by atoms with Gasteiger partial charge in [0.2, 0.25) is 5.91 Å². The van der Waals surface area contributed by atoms with Crippen molar-refractivity contribution in [2.75, 3.05) is 13.2 Å². The monoisotopic (exact) mass is 262 g/mol. The van der Waals surface area contributed by atoms with Crippen molar-refractivity contribution in [1.29, 1.82) is 0 Å². The number of esters is 1. The van der Waals surface area contributed by atoms with E-state index in [2.05, 4.69) is 0 Å². The molecule has 0 saturated carbocycles. The molecule has 1 atom stereocenters. The molecule has 1 aliphatic rings. The molecular weight excluding hydrogens is 244 g/mol. The average molecular weight is 262 g/mol. The standard InChI is InChI=1S/C14H18N2O3/c1-2-19-13(17)9-16-8-11-6-4-3-5-10(11)7-12(15)14(16)18/h3-6,12H,2,7-9,15H2,1H3/t12-/m0/s1. The number of hydrogen-bond acceptors (Lipinski definition) is 4. The summed E-state index contributed by atoms with van der Waals surface area (Å²) < 4.78 is 4.88. The van der Waals surface area contributed by atoms with Crippen molar-refractivity contribution in [3.8, 4) is 0 Å². The summed E-state index contributed by atoms with van der Waals surface area (Å²) in [5, 5.41) is 0. The van der Waals surface area contributed by atoms with Crippen LogP contribution in [0.4, 0.5) is 0 Å². The Balaban J connectivity index is 2.19. The van der Waals surface area contributed by atoms with Gasteiger partial charge < -0.3 is 15.4 Å². The van der Waals surface area contributed by atoms with Crippen LogP contribution in [-0.4, -0.2) is 36.0 Å². The van der Waals surface area contributed by atoms with Gasteiger partial charge in [-0.2, -0.15) is 0 Å². The van der Waals surface area contributed by atoms with Crippen molar-refractivity contribution in [2.24, 2.45) is 5.73 Å². The predicted octanol–water partition coefficient (Wildman–Crippen LogP) is 0.462. The van der Waals surface area contributed by atoms with Crippen LogP contribution in [0, 0.1) is 0 Å². The predicted molar refractivity (Wildman–Crippen MR) is 70.2 cm³/mol. The van der Waals surface area contributed by atoms with Crippen LogP contribution in [0.15, 0.2) is 24.3 Å². The van der Waals surface area contributed by atoms with Gasteiger partial charge in [0.05, 0.1) is 12.6 Å². The SMILES string of the molecule is CCOC(=O)CN1Cc2ccccc2C[C@H](N)C1=O. The molecule has 2 rings (SSSR count). The van der Waals surface area contributed by atoms with Crippen molar-refractivity contribution in [3.63, 3.8) is 0 Å². The third kappa shape index (κ3) is 3.12. The van der Waals surface area contributed by atoms with Gasteiger partial charge >= 0.3 is 5.97 Å². The van der Waals surface area contributed by atoms with Crippen molar-refractivity contribution >= 4 is 11.9 Å². The van der Waals surface area contributed by atoms with Crippen LogP contribution in [0.25, 0.3) is 0 Å². The summed E-state index contributed by atoms with van der Waals surface area (Å²) in [6.45, 7) is 2.41. The summed E-state index contributed by atoms with van der Waals surface area (Å²) in [6, 6.07) is 7.17. The number of rotatable bonds is 3. The Hall–Kier alpha value is -1.88. The third-order valence-electron chi connectivity index (χ3n) is 3.17. The maximum atomic E-state index is 12.1. The smallest absolute Gasteiger partial charge is 0.325 e. The molecule has 0 spiro atoms. The molecule has 1 amide bonds. The Morgan fingerprint density at radius 3 is 2.79 bits per heavy atom. The number of carbonyl (C=O) groups excluding carboxylic acids is 2. The molecule has 0 aromatic heterocycles. The minimum atomic E-state index is -0.599. The van der Waals surface area contributed by atoms with E-state index in [1.54, 1.807) is 6.92 Å². The first-order valence-electron chi connectivity index (χ1n) is 6.38. The van der Waals surface area contributed by atoms with E-state index in [0.29, 0.717) is 19.6 Å².